The summed E-state index contributed by atoms with van der Waals surface area (Å²) in [6.07, 6.45) is 0. The lowest BCUT2D eigenvalue weighted by Gasteiger charge is -2.15. The van der Waals surface area contributed by atoms with Gasteiger partial charge in [-0.1, -0.05) is 29.8 Å². The highest BCUT2D eigenvalue weighted by molar-refractivity contribution is 6.31. The number of nitrogens with two attached hydrogens (primary N) is 1. The maximum absolute atomic E-state index is 13.2. The summed E-state index contributed by atoms with van der Waals surface area (Å²) in [5, 5.41) is 0.506. The van der Waals surface area contributed by atoms with E-state index in [0.29, 0.717) is 16.3 Å². The smallest absolute Gasteiger partial charge is 0.123 e. The van der Waals surface area contributed by atoms with Crippen molar-refractivity contribution in [2.45, 2.75) is 6.04 Å². The summed E-state index contributed by atoms with van der Waals surface area (Å²) < 4.78 is 18.2. The molecule has 4 heteroatoms. The predicted octanol–water partition coefficient (Wildman–Crippen LogP) is 3.54. The Balaban J connectivity index is 2.37. The van der Waals surface area contributed by atoms with Crippen LogP contribution in [0.2, 0.25) is 5.02 Å². The second kappa shape index (κ2) is 5.38. The normalized spacial score (nSPS) is 12.2. The molecule has 2 rings (SSSR count). The van der Waals surface area contributed by atoms with Gasteiger partial charge in [0.05, 0.1) is 13.2 Å². The number of halogens is 2. The van der Waals surface area contributed by atoms with Gasteiger partial charge < -0.3 is 10.5 Å². The molecule has 0 aromatic heterocycles. The maximum Gasteiger partial charge on any atom is 0.123 e. The van der Waals surface area contributed by atoms with Gasteiger partial charge in [-0.2, -0.15) is 0 Å². The average molecular weight is 266 g/mol. The van der Waals surface area contributed by atoms with E-state index in [9.17, 15) is 4.39 Å². The van der Waals surface area contributed by atoms with Crippen LogP contribution >= 0.6 is 11.6 Å². The van der Waals surface area contributed by atoms with Gasteiger partial charge in [0.2, 0.25) is 0 Å². The fourth-order valence-electron chi connectivity index (χ4n) is 1.77. The molecule has 0 bridgehead atoms. The van der Waals surface area contributed by atoms with E-state index in [0.717, 1.165) is 5.56 Å². The lowest BCUT2D eigenvalue weighted by molar-refractivity contribution is 0.414. The molecule has 0 radical (unpaired) electrons. The van der Waals surface area contributed by atoms with Crippen molar-refractivity contribution in [1.29, 1.82) is 0 Å². The molecule has 94 valence electrons. The molecular formula is C14H13ClFNO. The van der Waals surface area contributed by atoms with Crippen molar-refractivity contribution in [3.63, 3.8) is 0 Å². The molecule has 0 aliphatic carbocycles. The monoisotopic (exact) mass is 265 g/mol. The van der Waals surface area contributed by atoms with Crippen LogP contribution in [-0.2, 0) is 0 Å². The number of benzene rings is 2. The van der Waals surface area contributed by atoms with E-state index in [-0.39, 0.29) is 5.82 Å². The van der Waals surface area contributed by atoms with Crippen LogP contribution in [0.5, 0.6) is 5.75 Å². The van der Waals surface area contributed by atoms with Gasteiger partial charge in [0.15, 0.2) is 0 Å². The average Bonchev–Trinajstić information content (AvgIpc) is 2.37. The fraction of sp³-hybridized carbons (Fsp3) is 0.143. The summed E-state index contributed by atoms with van der Waals surface area (Å²) >= 11 is 6.14. The minimum atomic E-state index is -0.459. The van der Waals surface area contributed by atoms with E-state index >= 15 is 0 Å². The number of ether oxygens (including phenoxy) is 1. The summed E-state index contributed by atoms with van der Waals surface area (Å²) in [5.74, 6) is 0.350. The fourth-order valence-corrected chi connectivity index (χ4v) is 2.05. The third-order valence-corrected chi connectivity index (χ3v) is 3.08. The number of rotatable bonds is 3. The number of methoxy groups -OCH3 is 1. The van der Waals surface area contributed by atoms with Gasteiger partial charge >= 0.3 is 0 Å². The number of hydrogen-bond donors (Lipinski definition) is 1. The Morgan fingerprint density at radius 3 is 2.61 bits per heavy atom. The molecule has 0 spiro atoms. The Labute approximate surface area is 110 Å². The third kappa shape index (κ3) is 2.63. The molecule has 2 N–H and O–H groups in total. The van der Waals surface area contributed by atoms with E-state index < -0.39 is 6.04 Å². The molecule has 0 fully saturated rings. The molecule has 1 atom stereocenters. The van der Waals surface area contributed by atoms with Crippen molar-refractivity contribution in [2.75, 3.05) is 7.11 Å². The molecule has 1 unspecified atom stereocenters. The minimum absolute atomic E-state index is 0.312. The highest BCUT2D eigenvalue weighted by atomic mass is 35.5. The Morgan fingerprint density at radius 1 is 1.22 bits per heavy atom. The molecule has 0 aliphatic rings. The summed E-state index contributed by atoms with van der Waals surface area (Å²) in [5.41, 5.74) is 7.51. The van der Waals surface area contributed by atoms with E-state index in [1.165, 1.54) is 12.1 Å². The second-order valence-corrected chi connectivity index (χ2v) is 4.33. The van der Waals surface area contributed by atoms with Crippen LogP contribution in [0, 0.1) is 5.82 Å². The van der Waals surface area contributed by atoms with Gasteiger partial charge in [-0.25, -0.2) is 4.39 Å². The van der Waals surface area contributed by atoms with E-state index in [4.69, 9.17) is 22.1 Å². The Kier molecular flexibility index (Phi) is 3.84. The first-order valence-electron chi connectivity index (χ1n) is 5.46. The first-order valence-corrected chi connectivity index (χ1v) is 5.84. The zero-order chi connectivity index (χ0) is 13.1. The molecular weight excluding hydrogens is 253 g/mol. The highest BCUT2D eigenvalue weighted by Gasteiger charge is 2.13. The number of hydrogen-bond acceptors (Lipinski definition) is 2. The predicted molar refractivity (Wildman–Crippen MR) is 70.4 cm³/mol. The van der Waals surface area contributed by atoms with Gasteiger partial charge in [0.25, 0.3) is 0 Å². The van der Waals surface area contributed by atoms with Crippen molar-refractivity contribution < 1.29 is 9.13 Å². The molecule has 18 heavy (non-hydrogen) atoms. The van der Waals surface area contributed by atoms with Crippen LogP contribution in [-0.4, -0.2) is 7.11 Å². The second-order valence-electron chi connectivity index (χ2n) is 3.92. The van der Waals surface area contributed by atoms with Crippen LogP contribution in [0.1, 0.15) is 17.2 Å². The Hall–Kier alpha value is -1.58. The summed E-state index contributed by atoms with van der Waals surface area (Å²) in [7, 11) is 1.57. The molecule has 0 heterocycles. The maximum atomic E-state index is 13.2. The van der Waals surface area contributed by atoms with Crippen molar-refractivity contribution in [1.82, 2.24) is 0 Å². The molecule has 0 amide bonds. The third-order valence-electron chi connectivity index (χ3n) is 2.75. The molecule has 0 saturated heterocycles. The van der Waals surface area contributed by atoms with Crippen LogP contribution in [0.15, 0.2) is 42.5 Å². The van der Waals surface area contributed by atoms with Crippen LogP contribution in [0.25, 0.3) is 0 Å². The first kappa shape index (κ1) is 12.9. The zero-order valence-electron chi connectivity index (χ0n) is 9.86. The molecule has 2 nitrogen and oxygen atoms in total. The van der Waals surface area contributed by atoms with Crippen LogP contribution < -0.4 is 10.5 Å². The van der Waals surface area contributed by atoms with Crippen molar-refractivity contribution in [3.8, 4) is 5.75 Å². The van der Waals surface area contributed by atoms with E-state index in [1.807, 2.05) is 0 Å². The van der Waals surface area contributed by atoms with Gasteiger partial charge in [-0.3, -0.25) is 0 Å². The largest absolute Gasteiger partial charge is 0.497 e. The molecule has 0 saturated carbocycles. The topological polar surface area (TPSA) is 35.2 Å². The van der Waals surface area contributed by atoms with Crippen LogP contribution in [0.3, 0.4) is 0 Å². The summed E-state index contributed by atoms with van der Waals surface area (Å²) in [6.45, 7) is 0. The highest BCUT2D eigenvalue weighted by Crippen LogP contribution is 2.29. The molecule has 2 aromatic carbocycles. The minimum Gasteiger partial charge on any atom is -0.497 e. The van der Waals surface area contributed by atoms with Crippen molar-refractivity contribution in [3.05, 3.63) is 64.4 Å². The van der Waals surface area contributed by atoms with Crippen LogP contribution in [0.4, 0.5) is 4.39 Å². The van der Waals surface area contributed by atoms with Crippen molar-refractivity contribution in [2.24, 2.45) is 5.73 Å². The van der Waals surface area contributed by atoms with Gasteiger partial charge in [-0.15, -0.1) is 0 Å². The van der Waals surface area contributed by atoms with Gasteiger partial charge in [0, 0.05) is 5.02 Å². The van der Waals surface area contributed by atoms with Crippen molar-refractivity contribution >= 4 is 11.6 Å². The molecule has 2 aromatic rings. The Bertz CT molecular complexity index is 559. The Morgan fingerprint density at radius 2 is 2.00 bits per heavy atom. The zero-order valence-corrected chi connectivity index (χ0v) is 10.6. The quantitative estimate of drug-likeness (QED) is 0.921. The lowest BCUT2D eigenvalue weighted by atomic mass is 9.99. The van der Waals surface area contributed by atoms with E-state index in [1.54, 1.807) is 37.4 Å². The van der Waals surface area contributed by atoms with Gasteiger partial charge in [0.1, 0.15) is 11.6 Å². The summed E-state index contributed by atoms with van der Waals surface area (Å²) in [4.78, 5) is 0. The standard InChI is InChI=1S/C14H13ClFNO/c1-18-11-5-6-12(13(15)8-11)14(17)9-3-2-4-10(16)7-9/h2-8,14H,17H2,1H3. The SMILES string of the molecule is COc1ccc(C(N)c2cccc(F)c2)c(Cl)c1. The van der Waals surface area contributed by atoms with Gasteiger partial charge in [-0.05, 0) is 35.4 Å². The summed E-state index contributed by atoms with van der Waals surface area (Å²) in [6, 6.07) is 11.0. The first-order chi connectivity index (χ1) is 8.61. The molecule has 0 aliphatic heterocycles. The van der Waals surface area contributed by atoms with E-state index in [2.05, 4.69) is 0 Å². The lowest BCUT2D eigenvalue weighted by Crippen LogP contribution is -2.12.